The fourth-order valence-electron chi connectivity index (χ4n) is 2.49. The molecule has 19 heavy (non-hydrogen) atoms. The van der Waals surface area contributed by atoms with Gasteiger partial charge in [0.2, 0.25) is 11.7 Å². The number of ether oxygens (including phenoxy) is 2. The van der Waals surface area contributed by atoms with Gasteiger partial charge in [0.15, 0.2) is 11.7 Å². The van der Waals surface area contributed by atoms with Gasteiger partial charge in [-0.05, 0) is 25.7 Å². The predicted octanol–water partition coefficient (Wildman–Crippen LogP) is 1.63. The lowest BCUT2D eigenvalue weighted by Crippen LogP contribution is -2.39. The van der Waals surface area contributed by atoms with E-state index in [1.807, 2.05) is 0 Å². The highest BCUT2D eigenvalue weighted by molar-refractivity contribution is 5.94. The van der Waals surface area contributed by atoms with Crippen LogP contribution in [0.4, 0.5) is 13.6 Å². The van der Waals surface area contributed by atoms with Gasteiger partial charge in [-0.3, -0.25) is 4.79 Å². The lowest BCUT2D eigenvalue weighted by atomic mass is 9.93. The number of alkyl halides is 2. The lowest BCUT2D eigenvalue weighted by molar-refractivity contribution is -0.133. The van der Waals surface area contributed by atoms with Gasteiger partial charge in [0.1, 0.15) is 0 Å². The van der Waals surface area contributed by atoms with E-state index in [4.69, 9.17) is 15.2 Å². The van der Waals surface area contributed by atoms with Crippen molar-refractivity contribution in [1.82, 2.24) is 0 Å². The number of carbonyl (C=O) groups excluding carboxylic acids is 2. The van der Waals surface area contributed by atoms with E-state index in [0.717, 1.165) is 0 Å². The Kier molecular flexibility index (Phi) is 3.51. The van der Waals surface area contributed by atoms with Crippen LogP contribution < -0.4 is 5.73 Å². The largest absolute Gasteiger partial charge is 0.438 e. The molecule has 7 heteroatoms. The number of nitrogens with two attached hydrogens (primary N) is 1. The number of hydrogen-bond donors (Lipinski definition) is 1. The summed E-state index contributed by atoms with van der Waals surface area (Å²) in [6.45, 7) is 1.83. The zero-order chi connectivity index (χ0) is 14.3. The molecule has 3 atom stereocenters. The van der Waals surface area contributed by atoms with Crippen LogP contribution in [0.15, 0.2) is 0 Å². The van der Waals surface area contributed by atoms with Crippen molar-refractivity contribution in [3.63, 3.8) is 0 Å². The summed E-state index contributed by atoms with van der Waals surface area (Å²) in [6.07, 6.45) is -2.25. The summed E-state index contributed by atoms with van der Waals surface area (Å²) >= 11 is 0. The Labute approximate surface area is 109 Å². The van der Waals surface area contributed by atoms with Crippen molar-refractivity contribution in [3.05, 3.63) is 0 Å². The third kappa shape index (κ3) is 3.40. The van der Waals surface area contributed by atoms with E-state index < -0.39 is 29.5 Å². The monoisotopic (exact) mass is 277 g/mol. The molecule has 2 N–H and O–H groups in total. The predicted molar refractivity (Wildman–Crippen MR) is 60.7 cm³/mol. The third-order valence-corrected chi connectivity index (χ3v) is 3.70. The Morgan fingerprint density at radius 3 is 2.58 bits per heavy atom. The topological polar surface area (TPSA) is 81.9 Å². The zero-order valence-electron chi connectivity index (χ0n) is 10.7. The molecule has 0 spiro atoms. The molecular formula is C12H17F2NO4. The van der Waals surface area contributed by atoms with Crippen LogP contribution in [0.1, 0.15) is 32.6 Å². The van der Waals surface area contributed by atoms with Gasteiger partial charge in [-0.25, -0.2) is 13.6 Å². The first-order chi connectivity index (χ1) is 8.72. The molecule has 1 heterocycles. The third-order valence-electron chi connectivity index (χ3n) is 3.70. The number of ketones is 1. The maximum absolute atomic E-state index is 13.1. The van der Waals surface area contributed by atoms with Crippen LogP contribution in [-0.4, -0.2) is 36.1 Å². The molecule has 5 nitrogen and oxygen atoms in total. The Morgan fingerprint density at radius 2 is 2.16 bits per heavy atom. The average Bonchev–Trinajstić information content (AvgIpc) is 2.94. The molecule has 1 amide bonds. The van der Waals surface area contributed by atoms with Crippen LogP contribution in [0.3, 0.4) is 0 Å². The van der Waals surface area contributed by atoms with Gasteiger partial charge in [0, 0.05) is 12.8 Å². The number of carbonyl (C=O) groups is 2. The molecule has 1 aliphatic carbocycles. The molecule has 2 aliphatic rings. The van der Waals surface area contributed by atoms with Crippen molar-refractivity contribution in [2.24, 2.45) is 11.7 Å². The van der Waals surface area contributed by atoms with Crippen molar-refractivity contribution in [3.8, 4) is 0 Å². The lowest BCUT2D eigenvalue weighted by Gasteiger charge is -2.20. The first-order valence-electron chi connectivity index (χ1n) is 6.24. The number of Topliss-reactive ketones (excluding diaryl/α,β-unsaturated/α-hetero) is 1. The van der Waals surface area contributed by atoms with Crippen molar-refractivity contribution in [2.45, 2.75) is 50.2 Å². The minimum Gasteiger partial charge on any atom is -0.438 e. The van der Waals surface area contributed by atoms with Crippen LogP contribution in [0, 0.1) is 5.92 Å². The Morgan fingerprint density at radius 1 is 1.53 bits per heavy atom. The normalized spacial score (nSPS) is 33.7. The molecule has 0 aromatic rings. The fourth-order valence-corrected chi connectivity index (χ4v) is 2.49. The summed E-state index contributed by atoms with van der Waals surface area (Å²) in [7, 11) is 0. The highest BCUT2D eigenvalue weighted by atomic mass is 19.3. The highest BCUT2D eigenvalue weighted by Gasteiger charge is 2.52. The summed E-state index contributed by atoms with van der Waals surface area (Å²) in [5, 5.41) is 0. The smallest absolute Gasteiger partial charge is 0.405 e. The molecule has 2 fully saturated rings. The second kappa shape index (κ2) is 4.70. The summed E-state index contributed by atoms with van der Waals surface area (Å²) < 4.78 is 36.0. The summed E-state index contributed by atoms with van der Waals surface area (Å²) in [5.74, 6) is -3.43. The van der Waals surface area contributed by atoms with E-state index in [9.17, 15) is 18.4 Å². The zero-order valence-corrected chi connectivity index (χ0v) is 10.7. The van der Waals surface area contributed by atoms with Crippen molar-refractivity contribution in [2.75, 3.05) is 6.61 Å². The molecule has 0 unspecified atom stereocenters. The average molecular weight is 277 g/mol. The highest BCUT2D eigenvalue weighted by Crippen LogP contribution is 2.42. The van der Waals surface area contributed by atoms with Crippen molar-refractivity contribution < 1.29 is 27.8 Å². The molecule has 1 saturated heterocycles. The first-order valence-corrected chi connectivity index (χ1v) is 6.24. The molecule has 0 bridgehead atoms. The number of epoxide rings is 1. The van der Waals surface area contributed by atoms with Crippen LogP contribution in [-0.2, 0) is 14.3 Å². The number of halogens is 2. The van der Waals surface area contributed by atoms with Crippen molar-refractivity contribution in [1.29, 1.82) is 0 Å². The standard InChI is InChI=1S/C12H17F2NO4/c1-11(6-18-11)9(16)8(19-10(15)17)4-7-2-3-12(13,14)5-7/h7-8H,2-6H2,1H3,(H2,15,17)/t7-,8-,11+/m0/s1. The molecule has 108 valence electrons. The van der Waals surface area contributed by atoms with E-state index >= 15 is 0 Å². The first kappa shape index (κ1) is 14.2. The molecule has 1 aliphatic heterocycles. The molecule has 0 aromatic carbocycles. The number of amides is 1. The van der Waals surface area contributed by atoms with Gasteiger partial charge >= 0.3 is 6.09 Å². The number of rotatable bonds is 5. The number of hydrogen-bond acceptors (Lipinski definition) is 4. The van der Waals surface area contributed by atoms with Crippen molar-refractivity contribution >= 4 is 11.9 Å². The fraction of sp³-hybridized carbons (Fsp3) is 0.833. The molecule has 0 radical (unpaired) electrons. The maximum atomic E-state index is 13.1. The van der Waals surface area contributed by atoms with E-state index in [1.165, 1.54) is 0 Å². The van der Waals surface area contributed by atoms with Crippen LogP contribution >= 0.6 is 0 Å². The van der Waals surface area contributed by atoms with Gasteiger partial charge in [-0.1, -0.05) is 0 Å². The summed E-state index contributed by atoms with van der Waals surface area (Å²) in [5.41, 5.74) is 3.96. The van der Waals surface area contributed by atoms with E-state index in [1.54, 1.807) is 6.92 Å². The molecule has 2 rings (SSSR count). The summed E-state index contributed by atoms with van der Waals surface area (Å²) in [6, 6.07) is 0. The minimum absolute atomic E-state index is 0.0797. The second-order valence-electron chi connectivity index (χ2n) is 5.51. The van der Waals surface area contributed by atoms with Gasteiger partial charge < -0.3 is 15.2 Å². The van der Waals surface area contributed by atoms with Gasteiger partial charge in [-0.15, -0.1) is 0 Å². The Balaban J connectivity index is 1.98. The van der Waals surface area contributed by atoms with E-state index in [2.05, 4.69) is 0 Å². The van der Waals surface area contributed by atoms with Crippen LogP contribution in [0.5, 0.6) is 0 Å². The number of primary amides is 1. The van der Waals surface area contributed by atoms with E-state index in [-0.39, 0.29) is 31.8 Å². The molecule has 1 saturated carbocycles. The summed E-state index contributed by atoms with van der Waals surface area (Å²) in [4.78, 5) is 22.9. The van der Waals surface area contributed by atoms with Crippen LogP contribution in [0.2, 0.25) is 0 Å². The second-order valence-corrected chi connectivity index (χ2v) is 5.51. The Hall–Kier alpha value is -1.24. The van der Waals surface area contributed by atoms with Crippen LogP contribution in [0.25, 0.3) is 0 Å². The maximum Gasteiger partial charge on any atom is 0.405 e. The van der Waals surface area contributed by atoms with Gasteiger partial charge in [0.05, 0.1) is 6.61 Å². The van der Waals surface area contributed by atoms with Gasteiger partial charge in [-0.2, -0.15) is 0 Å². The van der Waals surface area contributed by atoms with E-state index in [0.29, 0.717) is 6.42 Å². The molecular weight excluding hydrogens is 260 g/mol. The quantitative estimate of drug-likeness (QED) is 0.774. The SMILES string of the molecule is C[C@]1(C(=O)[C@H](C[C@@H]2CCC(F)(F)C2)OC(N)=O)CO1. The Bertz CT molecular complexity index is 395. The van der Waals surface area contributed by atoms with Gasteiger partial charge in [0.25, 0.3) is 0 Å². The minimum atomic E-state index is -2.69. The molecule has 0 aromatic heterocycles.